The van der Waals surface area contributed by atoms with Gasteiger partial charge in [0.1, 0.15) is 11.4 Å². The molecule has 1 amide bonds. The van der Waals surface area contributed by atoms with Gasteiger partial charge in [-0.25, -0.2) is 4.79 Å². The second kappa shape index (κ2) is 6.96. The Morgan fingerprint density at radius 3 is 2.63 bits per heavy atom. The minimum absolute atomic E-state index is 0.0896. The first-order chi connectivity index (χ1) is 8.78. The van der Waals surface area contributed by atoms with Crippen LogP contribution in [0.1, 0.15) is 39.5 Å². The molecule has 1 aromatic rings. The molecule has 108 valence electrons. The summed E-state index contributed by atoms with van der Waals surface area (Å²) in [4.78, 5) is 11.4. The van der Waals surface area contributed by atoms with Crippen LogP contribution in [0.5, 0.6) is 0 Å². The highest BCUT2D eigenvalue weighted by molar-refractivity contribution is 9.10. The van der Waals surface area contributed by atoms with Crippen LogP contribution in [-0.2, 0) is 4.74 Å². The number of hydrogen-bond acceptors (Lipinski definition) is 4. The molecule has 0 fully saturated rings. The third-order valence-corrected chi connectivity index (χ3v) is 2.69. The molecule has 0 bridgehead atoms. The van der Waals surface area contributed by atoms with Crippen LogP contribution in [0.4, 0.5) is 4.79 Å². The molecule has 0 aliphatic rings. The van der Waals surface area contributed by atoms with Gasteiger partial charge in [-0.2, -0.15) is 0 Å². The van der Waals surface area contributed by atoms with Crippen molar-refractivity contribution in [2.45, 2.75) is 39.3 Å². The molecule has 0 saturated carbocycles. The van der Waals surface area contributed by atoms with Gasteiger partial charge in [0.2, 0.25) is 0 Å². The van der Waals surface area contributed by atoms with E-state index >= 15 is 0 Å². The molecule has 0 radical (unpaired) electrons. The smallest absolute Gasteiger partial charge is 0.407 e. The van der Waals surface area contributed by atoms with Crippen LogP contribution in [0.3, 0.4) is 0 Å². The van der Waals surface area contributed by atoms with E-state index in [1.54, 1.807) is 0 Å². The van der Waals surface area contributed by atoms with Gasteiger partial charge in [0, 0.05) is 13.1 Å². The Morgan fingerprint density at radius 1 is 1.42 bits per heavy atom. The summed E-state index contributed by atoms with van der Waals surface area (Å²) in [6, 6.07) is 3.85. The average molecular weight is 333 g/mol. The Hall–Kier alpha value is -1.01. The molecule has 0 aromatic carbocycles. The third-order valence-electron chi connectivity index (χ3n) is 2.26. The maximum Gasteiger partial charge on any atom is 0.407 e. The van der Waals surface area contributed by atoms with Gasteiger partial charge < -0.3 is 19.8 Å². The Bertz CT molecular complexity index is 412. The highest BCUT2D eigenvalue weighted by atomic mass is 79.9. The Kier molecular flexibility index (Phi) is 5.87. The molecule has 0 aliphatic heterocycles. The summed E-state index contributed by atoms with van der Waals surface area (Å²) >= 11 is 3.26. The minimum atomic E-state index is -0.467. The number of furan rings is 1. The zero-order valence-corrected chi connectivity index (χ0v) is 13.3. The molecule has 0 spiro atoms. The summed E-state index contributed by atoms with van der Waals surface area (Å²) < 4.78 is 11.3. The Morgan fingerprint density at radius 2 is 2.11 bits per heavy atom. The van der Waals surface area contributed by atoms with E-state index in [9.17, 15) is 4.79 Å². The van der Waals surface area contributed by atoms with Crippen molar-refractivity contribution < 1.29 is 13.9 Å². The predicted octanol–water partition coefficient (Wildman–Crippen LogP) is 3.22. The number of carbonyl (C=O) groups is 1. The van der Waals surface area contributed by atoms with Crippen molar-refractivity contribution in [3.8, 4) is 0 Å². The van der Waals surface area contributed by atoms with E-state index in [2.05, 4.69) is 26.6 Å². The molecule has 6 heteroatoms. The molecule has 2 N–H and O–H groups in total. The highest BCUT2D eigenvalue weighted by Crippen LogP contribution is 2.19. The summed E-state index contributed by atoms with van der Waals surface area (Å²) in [5.74, 6) is 0.851. The lowest BCUT2D eigenvalue weighted by atomic mass is 10.2. The summed E-state index contributed by atoms with van der Waals surface area (Å²) in [5.41, 5.74) is -0.467. The van der Waals surface area contributed by atoms with Gasteiger partial charge in [-0.15, -0.1) is 0 Å². The van der Waals surface area contributed by atoms with Crippen LogP contribution in [0.25, 0.3) is 0 Å². The Balaban J connectivity index is 2.19. The van der Waals surface area contributed by atoms with Crippen molar-refractivity contribution >= 4 is 22.0 Å². The van der Waals surface area contributed by atoms with Crippen LogP contribution in [0, 0.1) is 0 Å². The number of ether oxygens (including phenoxy) is 1. The molecule has 1 rings (SSSR count). The molecular weight excluding hydrogens is 312 g/mol. The number of nitrogens with one attached hydrogen (secondary N) is 2. The normalized spacial score (nSPS) is 13.1. The highest BCUT2D eigenvalue weighted by Gasteiger charge is 2.15. The Labute approximate surface area is 122 Å². The first kappa shape index (κ1) is 16.0. The molecule has 19 heavy (non-hydrogen) atoms. The molecule has 5 nitrogen and oxygen atoms in total. The molecular formula is C13H21BrN2O3. The van der Waals surface area contributed by atoms with Crippen molar-refractivity contribution in [3.63, 3.8) is 0 Å². The van der Waals surface area contributed by atoms with Crippen molar-refractivity contribution in [1.82, 2.24) is 10.6 Å². The van der Waals surface area contributed by atoms with Gasteiger partial charge in [0.05, 0.1) is 6.04 Å². The number of hydrogen-bond donors (Lipinski definition) is 2. The minimum Gasteiger partial charge on any atom is -0.453 e. The van der Waals surface area contributed by atoms with Crippen LogP contribution >= 0.6 is 15.9 Å². The molecule has 1 unspecified atom stereocenters. The van der Waals surface area contributed by atoms with Gasteiger partial charge >= 0.3 is 6.09 Å². The van der Waals surface area contributed by atoms with Crippen LogP contribution in [0.2, 0.25) is 0 Å². The quantitative estimate of drug-likeness (QED) is 0.812. The monoisotopic (exact) mass is 332 g/mol. The van der Waals surface area contributed by atoms with Crippen molar-refractivity contribution in [2.24, 2.45) is 0 Å². The fraction of sp³-hybridized carbons (Fsp3) is 0.615. The molecule has 0 aliphatic carbocycles. The van der Waals surface area contributed by atoms with Gasteiger partial charge in [-0.1, -0.05) is 0 Å². The zero-order chi connectivity index (χ0) is 14.5. The number of amides is 1. The van der Waals surface area contributed by atoms with Crippen molar-refractivity contribution in [1.29, 1.82) is 0 Å². The first-order valence-corrected chi connectivity index (χ1v) is 7.03. The molecule has 1 heterocycles. The largest absolute Gasteiger partial charge is 0.453 e. The van der Waals surface area contributed by atoms with Gasteiger partial charge in [0.15, 0.2) is 4.67 Å². The standard InChI is InChI=1S/C13H21BrN2O3/c1-9(10-5-6-11(14)18-10)15-7-8-16-12(17)19-13(2,3)4/h5-6,9,15H,7-8H2,1-4H3,(H,16,17). The summed E-state index contributed by atoms with van der Waals surface area (Å²) in [7, 11) is 0. The SMILES string of the molecule is CC(NCCNC(=O)OC(C)(C)C)c1ccc(Br)o1. The van der Waals surface area contributed by atoms with E-state index in [0.29, 0.717) is 17.8 Å². The lowest BCUT2D eigenvalue weighted by Crippen LogP contribution is -2.36. The fourth-order valence-corrected chi connectivity index (χ4v) is 1.75. The lowest BCUT2D eigenvalue weighted by Gasteiger charge is -2.20. The van der Waals surface area contributed by atoms with Crippen LogP contribution < -0.4 is 10.6 Å². The third kappa shape index (κ3) is 6.63. The van der Waals surface area contributed by atoms with Gasteiger partial charge in [0.25, 0.3) is 0 Å². The van der Waals surface area contributed by atoms with Gasteiger partial charge in [-0.3, -0.25) is 0 Å². The summed E-state index contributed by atoms with van der Waals surface area (Å²) in [6.07, 6.45) is -0.400. The van der Waals surface area contributed by atoms with Crippen LogP contribution in [-0.4, -0.2) is 24.8 Å². The van der Waals surface area contributed by atoms with E-state index in [0.717, 1.165) is 5.76 Å². The number of carbonyl (C=O) groups excluding carboxylic acids is 1. The maximum absolute atomic E-state index is 11.4. The molecule has 1 atom stereocenters. The van der Waals surface area contributed by atoms with E-state index in [4.69, 9.17) is 9.15 Å². The first-order valence-electron chi connectivity index (χ1n) is 6.23. The van der Waals surface area contributed by atoms with E-state index in [-0.39, 0.29) is 6.04 Å². The van der Waals surface area contributed by atoms with E-state index in [1.807, 2.05) is 39.8 Å². The lowest BCUT2D eigenvalue weighted by molar-refractivity contribution is 0.0528. The van der Waals surface area contributed by atoms with Crippen molar-refractivity contribution in [3.05, 3.63) is 22.6 Å². The maximum atomic E-state index is 11.4. The predicted molar refractivity (Wildman–Crippen MR) is 77.1 cm³/mol. The van der Waals surface area contributed by atoms with Crippen molar-refractivity contribution in [2.75, 3.05) is 13.1 Å². The topological polar surface area (TPSA) is 63.5 Å². The number of halogens is 1. The fourth-order valence-electron chi connectivity index (χ4n) is 1.43. The number of rotatable bonds is 5. The second-order valence-electron chi connectivity index (χ2n) is 5.25. The molecule has 0 saturated heterocycles. The van der Waals surface area contributed by atoms with E-state index < -0.39 is 11.7 Å². The van der Waals surface area contributed by atoms with Crippen LogP contribution in [0.15, 0.2) is 21.2 Å². The number of alkyl carbamates (subject to hydrolysis) is 1. The van der Waals surface area contributed by atoms with Gasteiger partial charge in [-0.05, 0) is 55.8 Å². The zero-order valence-electron chi connectivity index (χ0n) is 11.7. The second-order valence-corrected chi connectivity index (χ2v) is 6.03. The average Bonchev–Trinajstić information content (AvgIpc) is 2.68. The summed E-state index contributed by atoms with van der Waals surface area (Å²) in [6.45, 7) is 8.64. The molecule has 1 aromatic heterocycles. The van der Waals surface area contributed by atoms with E-state index in [1.165, 1.54) is 0 Å². The summed E-state index contributed by atoms with van der Waals surface area (Å²) in [5, 5.41) is 5.93.